The number of carboxylic acids is 1. The van der Waals surface area contributed by atoms with Gasteiger partial charge in [0.15, 0.2) is 0 Å². The third-order valence-electron chi connectivity index (χ3n) is 19.7. The second-order valence-corrected chi connectivity index (χ2v) is 35.1. The highest BCUT2D eigenvalue weighted by Gasteiger charge is 2.35. The van der Waals surface area contributed by atoms with Crippen LogP contribution in [0.15, 0.2) is 66.8 Å². The van der Waals surface area contributed by atoms with Gasteiger partial charge in [-0.15, -0.1) is 0 Å². The predicted octanol–water partition coefficient (Wildman–Crippen LogP) is 13.0. The third-order valence-corrected chi connectivity index (χ3v) is 21.2. The van der Waals surface area contributed by atoms with E-state index in [0.29, 0.717) is 123 Å². The molecule has 0 saturated carbocycles. The number of aliphatic carboxylic acids is 1. The Morgan fingerprint density at radius 3 is 1.00 bits per heavy atom. The first kappa shape index (κ1) is 115. The average Bonchev–Trinajstić information content (AvgIpc) is 0.806. The Morgan fingerprint density at radius 2 is 0.697 bits per heavy atom. The van der Waals surface area contributed by atoms with Crippen LogP contribution in [0.4, 0.5) is 31.8 Å². The van der Waals surface area contributed by atoms with Crippen LogP contribution in [-0.2, 0) is 92.4 Å². The molecule has 6 aromatic rings. The second-order valence-electron chi connectivity index (χ2n) is 33.4. The zero-order valence-corrected chi connectivity index (χ0v) is 82.0. The highest BCUT2D eigenvalue weighted by molar-refractivity contribution is 6.34. The molecule has 5 aromatic heterocycles. The fourth-order valence-corrected chi connectivity index (χ4v) is 14.4. The number of hydrogen-bond acceptors (Lipinski definition) is 35. The van der Waals surface area contributed by atoms with Gasteiger partial charge >= 0.3 is 66.2 Å². The van der Waals surface area contributed by atoms with Gasteiger partial charge in [0.25, 0.3) is 5.56 Å². The molecule has 3 aliphatic heterocycles. The Labute approximate surface area is 792 Å². The van der Waals surface area contributed by atoms with Crippen LogP contribution < -0.4 is 20.3 Å². The number of nitrogens with zero attached hydrogens (tertiary/aromatic N) is 15. The van der Waals surface area contributed by atoms with Gasteiger partial charge < -0.3 is 87.2 Å². The van der Waals surface area contributed by atoms with E-state index in [-0.39, 0.29) is 162 Å². The second kappa shape index (κ2) is 56.4. The number of aromatic nitrogens is 10. The van der Waals surface area contributed by atoms with Gasteiger partial charge in [-0.2, -0.15) is 9.59 Å². The molecule has 132 heavy (non-hydrogen) atoms. The topological polar surface area (TPSA) is 497 Å². The summed E-state index contributed by atoms with van der Waals surface area (Å²) in [6.07, 6.45) is 6.61. The minimum atomic E-state index is -0.905. The third kappa shape index (κ3) is 39.9. The van der Waals surface area contributed by atoms with Crippen LogP contribution >= 0.6 is 58.0 Å². The van der Waals surface area contributed by atoms with Gasteiger partial charge in [0.2, 0.25) is 5.88 Å². The normalized spacial score (nSPS) is 14.6. The van der Waals surface area contributed by atoms with Crippen LogP contribution in [0.2, 0.25) is 25.8 Å². The highest BCUT2D eigenvalue weighted by Crippen LogP contribution is 2.38. The number of amides is 3. The van der Waals surface area contributed by atoms with Gasteiger partial charge in [0.05, 0.1) is 85.5 Å². The van der Waals surface area contributed by atoms with E-state index in [0.717, 1.165) is 17.5 Å². The summed E-state index contributed by atoms with van der Waals surface area (Å²) in [5.74, 6) is -2.92. The maximum absolute atomic E-state index is 12.5. The molecule has 3 N–H and O–H groups in total. The van der Waals surface area contributed by atoms with E-state index in [2.05, 4.69) is 78.6 Å². The molecule has 8 heterocycles. The van der Waals surface area contributed by atoms with Crippen molar-refractivity contribution >= 4 is 142 Å². The van der Waals surface area contributed by atoms with Crippen molar-refractivity contribution in [2.45, 2.75) is 202 Å². The summed E-state index contributed by atoms with van der Waals surface area (Å²) >= 11 is 30.7. The molecule has 3 fully saturated rings. The number of rotatable bonds is 24. The number of piperazine rings is 3. The van der Waals surface area contributed by atoms with Crippen molar-refractivity contribution in [2.24, 2.45) is 11.8 Å². The number of carbonyl (C=O) groups is 10. The minimum absolute atomic E-state index is 0.0266. The first-order chi connectivity index (χ1) is 61.9. The lowest BCUT2D eigenvalue weighted by atomic mass is 9.93. The molecule has 0 aliphatic carbocycles. The molecule has 1 aromatic carbocycles. The number of halogens is 5. The Bertz CT molecular complexity index is 4820. The number of aromatic amines is 1. The van der Waals surface area contributed by atoms with Crippen molar-refractivity contribution < 1.29 is 110 Å². The Hall–Kier alpha value is -11.5. The van der Waals surface area contributed by atoms with Gasteiger partial charge in [-0.05, 0) is 97.5 Å². The summed E-state index contributed by atoms with van der Waals surface area (Å²) < 4.78 is 44.6. The van der Waals surface area contributed by atoms with Crippen LogP contribution in [0, 0.1) is 11.8 Å². The van der Waals surface area contributed by atoms with E-state index >= 15 is 0 Å². The molecule has 7 atom stereocenters. The van der Waals surface area contributed by atoms with Crippen molar-refractivity contribution in [2.75, 3.05) is 129 Å². The van der Waals surface area contributed by atoms with Crippen molar-refractivity contribution in [3.63, 3.8) is 0 Å². The number of methoxy groups -OCH3 is 5. The molecule has 0 bridgehead atoms. The summed E-state index contributed by atoms with van der Waals surface area (Å²) in [4.78, 5) is 193. The first-order valence-corrected chi connectivity index (χ1v) is 43.7. The number of carbonyl (C=O) groups excluding carboxylic acids is 11. The maximum atomic E-state index is 12.5. The molecule has 40 nitrogen and oxygen atoms in total. The summed E-state index contributed by atoms with van der Waals surface area (Å²) in [6, 6.07) is 9.55. The highest BCUT2D eigenvalue weighted by atomic mass is 35.5. The molecular formula is C87H121Cl5N16O24. The lowest BCUT2D eigenvalue weighted by Crippen LogP contribution is -2.50. The monoisotopic (exact) mass is 1950 g/mol. The zero-order valence-electron chi connectivity index (χ0n) is 78.2. The van der Waals surface area contributed by atoms with Gasteiger partial charge in [0.1, 0.15) is 91.9 Å². The Kier molecular flexibility index (Phi) is 49.0. The van der Waals surface area contributed by atoms with Crippen LogP contribution in [0.25, 0.3) is 0 Å². The van der Waals surface area contributed by atoms with Crippen LogP contribution in [0.3, 0.4) is 0 Å². The molecular weight excluding hydrogens is 1830 g/mol. The largest absolute Gasteiger partial charge is 0.493 e. The lowest BCUT2D eigenvalue weighted by molar-refractivity contribution is -0.192. The lowest BCUT2D eigenvalue weighted by Gasteiger charge is -2.37. The van der Waals surface area contributed by atoms with Crippen molar-refractivity contribution in [3.8, 4) is 5.88 Å². The van der Waals surface area contributed by atoms with E-state index < -0.39 is 40.2 Å². The van der Waals surface area contributed by atoms with E-state index in [4.69, 9.17) is 96.4 Å². The van der Waals surface area contributed by atoms with Crippen LogP contribution in [0.1, 0.15) is 212 Å². The van der Waals surface area contributed by atoms with E-state index in [9.17, 15) is 57.8 Å². The van der Waals surface area contributed by atoms with Crippen molar-refractivity contribution in [1.29, 1.82) is 0 Å². The number of ether oxygens (including phenoxy) is 9. The quantitative estimate of drug-likeness (QED) is 0.0288. The molecule has 728 valence electrons. The standard InChI is InChI=1S/C24H31ClN4O4.C18H27ClN4O4.C17H25ClN4O4.C9H10Cl2N2O2.C9H12N2O4.C9H16O4.CO2/c1-17(14-19(30)32-15-18-8-6-5-7-9-18)20-21(25)26-16-27-22(20)28-10-12-29(13-11-28)23(31)33-24(2,3)4;1-12(10-13(24)26-5)14-15(19)20-11-21-16(14)22-6-8-23(9-7-22)17(25)27-18(2,3)4;1-11(9-12(23)24)13-14(18)19-10-20-15(13)21-5-7-22(8-6-21)16(25)26-17(2,3)4;1-5(3-6(14)15-2)7-8(10)12-4-13-9(7)11;1-5(3-6(12)15-2)7-8(13)10-4-11-9(7)14;1-6(5-8(10)12-3)7(2)9(11)13-4;2-1-3/h5-9,16-17H,10-15H2,1-4H3;11-12H,6-10H2,1-5H3;10-11H,5-9H2,1-4H3,(H,23,24);4-5H,3H2,1-2H3;4-5H,3H2,1-2H3,(H2,10,11,13,14);6-7H,5H2,1-4H3;/t17-;12-;11-;2*5-;6-,7?;/m111111./s1. The average molecular weight is 1950 g/mol. The molecule has 3 saturated heterocycles. The summed E-state index contributed by atoms with van der Waals surface area (Å²) in [5.41, 5.74) is 1.63. The Balaban J connectivity index is 0.000000418. The molecule has 0 spiro atoms. The van der Waals surface area contributed by atoms with Crippen LogP contribution in [0.5, 0.6) is 5.88 Å². The maximum Gasteiger partial charge on any atom is 0.410 e. The molecule has 3 amide bonds. The number of hydrogen-bond donors (Lipinski definition) is 3. The number of nitrogens with one attached hydrogen (secondary N) is 1. The summed E-state index contributed by atoms with van der Waals surface area (Å²) in [5, 5.41) is 19.9. The molecule has 9 rings (SSSR count). The van der Waals surface area contributed by atoms with Gasteiger partial charge in [-0.1, -0.05) is 137 Å². The minimum Gasteiger partial charge on any atom is -0.493 e. The first-order valence-electron chi connectivity index (χ1n) is 41.8. The number of esters is 6. The number of anilines is 3. The number of benzene rings is 1. The molecule has 45 heteroatoms. The predicted molar refractivity (Wildman–Crippen MR) is 487 cm³/mol. The SMILES string of the molecule is COC(=O)C[C@@H](C)C(C)C(=O)OC.COC(=O)C[C@@H](C)c1c(Cl)ncnc1Cl.COC(=O)C[C@@H](C)c1c(Cl)ncnc1N1CCN(C(=O)OC(C)(C)C)CC1.COC(=O)C[C@@H](C)c1c(O)nc[nH]c1=O.C[C@H](CC(=O)O)c1c(Cl)ncnc1N1CCN(C(=O)OC(C)(C)C)CC1.C[C@H](CC(=O)OCc1ccccc1)c1c(Cl)ncnc1N1CCN(C(=O)OC(C)(C)C)CC1.O=C=O. The van der Waals surface area contributed by atoms with Crippen molar-refractivity contribution in [3.05, 3.63) is 131 Å². The number of H-pyrrole nitrogens is 1. The smallest absolute Gasteiger partial charge is 0.410 e. The summed E-state index contributed by atoms with van der Waals surface area (Å²) in [6.45, 7) is 35.9. The summed E-state index contributed by atoms with van der Waals surface area (Å²) in [7, 11) is 6.62. The van der Waals surface area contributed by atoms with Crippen molar-refractivity contribution in [1.82, 2.24) is 64.5 Å². The fraction of sp³-hybridized carbons (Fsp3) is 0.575. The molecule has 0 radical (unpaired) electrons. The molecule has 3 aliphatic rings. The number of aromatic hydroxyl groups is 1. The van der Waals surface area contributed by atoms with E-state index in [1.807, 2.05) is 125 Å². The molecule has 1 unspecified atom stereocenters. The fourth-order valence-electron chi connectivity index (χ4n) is 12.8. The van der Waals surface area contributed by atoms with Gasteiger partial charge in [-0.25, -0.2) is 59.2 Å². The Morgan fingerprint density at radius 1 is 0.409 bits per heavy atom. The van der Waals surface area contributed by atoms with Gasteiger partial charge in [0, 0.05) is 113 Å². The number of carboxylic acid groups (broad SMARTS) is 1. The zero-order chi connectivity index (χ0) is 99.7. The van der Waals surface area contributed by atoms with Crippen LogP contribution in [-0.4, -0.2) is 272 Å². The van der Waals surface area contributed by atoms with E-state index in [1.165, 1.54) is 60.9 Å². The van der Waals surface area contributed by atoms with Gasteiger partial charge in [-0.3, -0.25) is 38.4 Å². The van der Waals surface area contributed by atoms with E-state index in [1.54, 1.807) is 35.5 Å².